The Balaban J connectivity index is 1.42. The Bertz CT molecular complexity index is 1930. The van der Waals surface area contributed by atoms with E-state index in [1.54, 1.807) is 24.3 Å². The number of nitro groups is 1. The van der Waals surface area contributed by atoms with Gasteiger partial charge in [0, 0.05) is 12.1 Å². The molecule has 2 heterocycles. The second-order valence-electron chi connectivity index (χ2n) is 10.1. The molecule has 1 fully saturated rings. The molecule has 3 aromatic carbocycles. The van der Waals surface area contributed by atoms with Crippen molar-refractivity contribution in [1.82, 2.24) is 15.2 Å². The summed E-state index contributed by atoms with van der Waals surface area (Å²) in [5.74, 6) is -2.62. The van der Waals surface area contributed by atoms with E-state index in [0.717, 1.165) is 37.7 Å². The number of carbonyl (C=O) groups excluding carboxylic acids is 3. The van der Waals surface area contributed by atoms with E-state index in [0.29, 0.717) is 9.90 Å². The van der Waals surface area contributed by atoms with Gasteiger partial charge in [0.1, 0.15) is 23.8 Å². The normalized spacial score (nSPS) is 16.6. The van der Waals surface area contributed by atoms with Crippen molar-refractivity contribution in [1.29, 1.82) is 0 Å². The van der Waals surface area contributed by atoms with E-state index >= 15 is 0 Å². The second kappa shape index (κ2) is 14.5. The Kier molecular flexibility index (Phi) is 10.5. The number of thiazole rings is 1. The van der Waals surface area contributed by atoms with Crippen molar-refractivity contribution in [3.05, 3.63) is 112 Å². The highest BCUT2D eigenvalue weighted by Crippen LogP contribution is 2.46. The number of carbonyl (C=O) groups is 3. The van der Waals surface area contributed by atoms with Crippen LogP contribution in [0.2, 0.25) is 0 Å². The van der Waals surface area contributed by atoms with Crippen LogP contribution in [0.15, 0.2) is 94.7 Å². The number of likely N-dealkylation sites (tertiary alicyclic amines) is 1. The maximum Gasteiger partial charge on any atom is 0.359 e. The van der Waals surface area contributed by atoms with Crippen molar-refractivity contribution in [2.45, 2.75) is 35.7 Å². The quantitative estimate of drug-likeness (QED) is 0.0293. The molecule has 1 saturated heterocycles. The molecule has 0 aliphatic carbocycles. The number of aromatic nitrogens is 1. The molecule has 47 heavy (non-hydrogen) atoms. The number of amides is 2. The average molecular weight is 715 g/mol. The van der Waals surface area contributed by atoms with Crippen LogP contribution in [0.25, 0.3) is 10.2 Å². The number of allylic oxidation sites excluding steroid dienone is 1. The number of β-lactam (4-membered cyclic amide) rings is 1. The van der Waals surface area contributed by atoms with Crippen LogP contribution >= 0.6 is 32.9 Å². The zero-order valence-electron chi connectivity index (χ0n) is 24.7. The molecule has 0 bridgehead atoms. The van der Waals surface area contributed by atoms with E-state index in [-0.39, 0.29) is 18.7 Å². The fourth-order valence-electron chi connectivity index (χ4n) is 4.53. The van der Waals surface area contributed by atoms with Crippen LogP contribution in [0, 0.1) is 10.1 Å². The number of nitrogens with one attached hydrogen (secondary N) is 1. The van der Waals surface area contributed by atoms with Gasteiger partial charge in [0.05, 0.1) is 27.8 Å². The van der Waals surface area contributed by atoms with Gasteiger partial charge >= 0.3 is 16.1 Å². The predicted octanol–water partition coefficient (Wildman–Crippen LogP) is 4.79. The van der Waals surface area contributed by atoms with Crippen LogP contribution in [0.5, 0.6) is 0 Å². The molecule has 2 unspecified atom stereocenters. The highest BCUT2D eigenvalue weighted by Gasteiger charge is 2.53. The lowest BCUT2D eigenvalue weighted by atomic mass is 10.0. The largest absolute Gasteiger partial charge is 0.456 e. The van der Waals surface area contributed by atoms with Crippen LogP contribution in [0.1, 0.15) is 18.1 Å². The SMILES string of the molecule is CC(OS(C)(=O)=O)=C(C(=O)OCc1ccc([N+](=O)[O-])cc1)N1C(=O)C(NC(=O)Cc2ccccc2)C1SSc1nc2ccccc2s1. The van der Waals surface area contributed by atoms with E-state index in [9.17, 15) is 32.9 Å². The number of fused-ring (bicyclic) bond motifs is 1. The number of non-ortho nitro benzene ring substituents is 1. The van der Waals surface area contributed by atoms with Gasteiger partial charge in [0.25, 0.3) is 11.6 Å². The lowest BCUT2D eigenvalue weighted by molar-refractivity contribution is -0.384. The molecule has 1 aliphatic rings. The summed E-state index contributed by atoms with van der Waals surface area (Å²) in [7, 11) is -1.76. The predicted molar refractivity (Wildman–Crippen MR) is 177 cm³/mol. The zero-order chi connectivity index (χ0) is 33.7. The van der Waals surface area contributed by atoms with Crippen LogP contribution < -0.4 is 5.32 Å². The van der Waals surface area contributed by atoms with Crippen LogP contribution in [-0.2, 0) is 46.4 Å². The summed E-state index contributed by atoms with van der Waals surface area (Å²) in [5, 5.41) is 12.8. The van der Waals surface area contributed by atoms with Gasteiger partial charge in [-0.1, -0.05) is 53.3 Å². The first-order valence-corrected chi connectivity index (χ1v) is 18.6. The minimum absolute atomic E-state index is 0.00319. The Morgan fingerprint density at radius 3 is 2.38 bits per heavy atom. The summed E-state index contributed by atoms with van der Waals surface area (Å²) >= 11 is 1.42. The molecular formula is C30H26N4O9S4. The van der Waals surface area contributed by atoms with Gasteiger partial charge in [-0.15, -0.1) is 11.3 Å². The van der Waals surface area contributed by atoms with Crippen LogP contribution in [0.4, 0.5) is 5.69 Å². The van der Waals surface area contributed by atoms with Crippen molar-refractivity contribution in [2.75, 3.05) is 6.26 Å². The van der Waals surface area contributed by atoms with Gasteiger partial charge in [-0.05, 0) is 53.1 Å². The molecule has 17 heteroatoms. The Hall–Kier alpha value is -4.45. The first-order valence-electron chi connectivity index (χ1n) is 13.8. The Morgan fingerprint density at radius 1 is 1.04 bits per heavy atom. The third kappa shape index (κ3) is 8.48. The van der Waals surface area contributed by atoms with Crippen LogP contribution in [-0.4, -0.2) is 58.7 Å². The molecule has 4 aromatic rings. The number of hydrogen-bond donors (Lipinski definition) is 1. The van der Waals surface area contributed by atoms with Gasteiger partial charge in [0.2, 0.25) is 5.91 Å². The van der Waals surface area contributed by atoms with Crippen molar-refractivity contribution < 1.29 is 36.6 Å². The third-order valence-corrected chi connectivity index (χ3v) is 11.2. The molecular weight excluding hydrogens is 689 g/mol. The van der Waals surface area contributed by atoms with Crippen LogP contribution in [0.3, 0.4) is 0 Å². The van der Waals surface area contributed by atoms with E-state index < -0.39 is 55.7 Å². The van der Waals surface area contributed by atoms with Gasteiger partial charge in [-0.3, -0.25) is 24.6 Å². The first-order chi connectivity index (χ1) is 22.4. The molecule has 244 valence electrons. The average Bonchev–Trinajstić information content (AvgIpc) is 3.45. The fraction of sp³-hybridized carbons (Fsp3) is 0.200. The number of benzene rings is 3. The molecule has 0 spiro atoms. The van der Waals surface area contributed by atoms with Crippen molar-refractivity contribution in [2.24, 2.45) is 0 Å². The van der Waals surface area contributed by atoms with E-state index in [1.807, 2.05) is 30.3 Å². The lowest BCUT2D eigenvalue weighted by Crippen LogP contribution is -2.69. The maximum atomic E-state index is 13.7. The van der Waals surface area contributed by atoms with Crippen molar-refractivity contribution in [3.8, 4) is 0 Å². The number of nitrogens with zero attached hydrogens (tertiary/aromatic N) is 3. The third-order valence-electron chi connectivity index (χ3n) is 6.62. The van der Waals surface area contributed by atoms with E-state index in [1.165, 1.54) is 53.3 Å². The molecule has 1 aliphatic heterocycles. The minimum atomic E-state index is -4.13. The standard InChI is InChI=1S/C30H26N4O9S4/c1-18(43-47(2,40)41)26(29(37)42-17-20-12-14-21(15-13-20)34(38)39)33-27(36)25(32-24(35)16-19-8-4-3-5-9-19)28(33)45-46-30-31-22-10-6-7-11-23(22)44-30/h3-15,25,28H,16-17H2,1-2H3,(H,32,35). The number of nitro benzene ring substituents is 1. The number of para-hydroxylation sites is 1. The topological polar surface area (TPSA) is 175 Å². The highest BCUT2D eigenvalue weighted by atomic mass is 33.1. The molecule has 5 rings (SSSR count). The number of ether oxygens (including phenoxy) is 1. The molecule has 1 aromatic heterocycles. The number of hydrogen-bond acceptors (Lipinski definition) is 13. The Morgan fingerprint density at radius 2 is 1.72 bits per heavy atom. The zero-order valence-corrected chi connectivity index (χ0v) is 28.0. The first kappa shape index (κ1) is 33.9. The van der Waals surface area contributed by atoms with Gasteiger partial charge in [0.15, 0.2) is 10.0 Å². The molecule has 0 radical (unpaired) electrons. The maximum absolute atomic E-state index is 13.7. The minimum Gasteiger partial charge on any atom is -0.456 e. The summed E-state index contributed by atoms with van der Waals surface area (Å²) in [6.07, 6.45) is 0.791. The highest BCUT2D eigenvalue weighted by molar-refractivity contribution is 8.77. The van der Waals surface area contributed by atoms with Gasteiger partial charge in [-0.25, -0.2) is 9.78 Å². The lowest BCUT2D eigenvalue weighted by Gasteiger charge is -2.46. The molecule has 13 nitrogen and oxygen atoms in total. The molecule has 0 saturated carbocycles. The smallest absolute Gasteiger partial charge is 0.359 e. The van der Waals surface area contributed by atoms with E-state index in [2.05, 4.69) is 10.3 Å². The van der Waals surface area contributed by atoms with E-state index in [4.69, 9.17) is 8.92 Å². The Labute approximate surface area is 281 Å². The number of esters is 1. The second-order valence-corrected chi connectivity index (χ2v) is 15.3. The van der Waals surface area contributed by atoms with Crippen molar-refractivity contribution >= 4 is 76.7 Å². The summed E-state index contributed by atoms with van der Waals surface area (Å²) in [6.45, 7) is 0.866. The molecule has 2 atom stereocenters. The summed E-state index contributed by atoms with van der Waals surface area (Å²) < 4.78 is 36.2. The summed E-state index contributed by atoms with van der Waals surface area (Å²) in [4.78, 5) is 56.2. The fourth-order valence-corrected chi connectivity index (χ4v) is 8.97. The molecule has 2 amide bonds. The molecule has 1 N–H and O–H groups in total. The monoisotopic (exact) mass is 714 g/mol. The van der Waals surface area contributed by atoms with Gasteiger partial charge < -0.3 is 14.2 Å². The number of rotatable bonds is 13. The van der Waals surface area contributed by atoms with Gasteiger partial charge in [-0.2, -0.15) is 8.42 Å². The summed E-state index contributed by atoms with van der Waals surface area (Å²) in [5.41, 5.74) is 1.29. The summed E-state index contributed by atoms with van der Waals surface area (Å²) in [6, 6.07) is 20.7. The van der Waals surface area contributed by atoms with Crippen molar-refractivity contribution in [3.63, 3.8) is 0 Å².